The predicted molar refractivity (Wildman–Crippen MR) is 98.6 cm³/mol. The van der Waals surface area contributed by atoms with Crippen LogP contribution in [0.1, 0.15) is 24.8 Å². The summed E-state index contributed by atoms with van der Waals surface area (Å²) in [5, 5.41) is 14.2. The van der Waals surface area contributed by atoms with Crippen LogP contribution in [0.5, 0.6) is 5.75 Å². The lowest BCUT2D eigenvalue weighted by atomic mass is 9.64. The second-order valence-corrected chi connectivity index (χ2v) is 6.87. The Morgan fingerprint density at radius 1 is 1.23 bits per heavy atom. The lowest BCUT2D eigenvalue weighted by molar-refractivity contribution is -0.385. The molecule has 6 nitrogen and oxygen atoms in total. The van der Waals surface area contributed by atoms with Crippen molar-refractivity contribution < 1.29 is 14.5 Å². The average molecular weight is 375 g/mol. The summed E-state index contributed by atoms with van der Waals surface area (Å²) in [6.45, 7) is 0.245. The fraction of sp³-hybridized carbons (Fsp3) is 0.316. The molecule has 1 fully saturated rings. The minimum Gasteiger partial charge on any atom is -0.477 e. The van der Waals surface area contributed by atoms with Crippen LogP contribution in [0.15, 0.2) is 48.5 Å². The summed E-state index contributed by atoms with van der Waals surface area (Å²) in [6, 6.07) is 14.2. The van der Waals surface area contributed by atoms with E-state index in [1.165, 1.54) is 23.8 Å². The molecule has 0 atom stereocenters. The van der Waals surface area contributed by atoms with Crippen molar-refractivity contribution in [3.63, 3.8) is 0 Å². The molecule has 1 aliphatic carbocycles. The van der Waals surface area contributed by atoms with Gasteiger partial charge in [-0.2, -0.15) is 0 Å². The van der Waals surface area contributed by atoms with Gasteiger partial charge in [0, 0.05) is 23.0 Å². The number of amides is 1. The van der Waals surface area contributed by atoms with E-state index in [9.17, 15) is 14.9 Å². The minimum atomic E-state index is -0.585. The van der Waals surface area contributed by atoms with E-state index < -0.39 is 4.92 Å². The largest absolute Gasteiger partial charge is 0.477 e. The molecule has 0 radical (unpaired) electrons. The fourth-order valence-corrected chi connectivity index (χ4v) is 3.35. The van der Waals surface area contributed by atoms with Gasteiger partial charge < -0.3 is 10.1 Å². The number of benzene rings is 2. The molecular formula is C19H19ClN2O4. The Labute approximate surface area is 156 Å². The molecule has 0 aliphatic heterocycles. The van der Waals surface area contributed by atoms with Crippen LogP contribution in [0.4, 0.5) is 5.69 Å². The monoisotopic (exact) mass is 374 g/mol. The van der Waals surface area contributed by atoms with Crippen molar-refractivity contribution in [2.45, 2.75) is 24.7 Å². The third kappa shape index (κ3) is 3.96. The Balaban J connectivity index is 1.58. The summed E-state index contributed by atoms with van der Waals surface area (Å²) in [5.41, 5.74) is 0.939. The van der Waals surface area contributed by atoms with E-state index in [0.29, 0.717) is 6.54 Å². The molecule has 1 N–H and O–H groups in total. The third-order valence-electron chi connectivity index (χ3n) is 4.80. The fourth-order valence-electron chi connectivity index (χ4n) is 3.18. The van der Waals surface area contributed by atoms with Gasteiger partial charge in [0.15, 0.2) is 12.4 Å². The van der Waals surface area contributed by atoms with Crippen molar-refractivity contribution in [2.24, 2.45) is 0 Å². The van der Waals surface area contributed by atoms with Crippen LogP contribution in [0.2, 0.25) is 5.02 Å². The second-order valence-electron chi connectivity index (χ2n) is 6.43. The summed E-state index contributed by atoms with van der Waals surface area (Å²) >= 11 is 5.76. The highest BCUT2D eigenvalue weighted by Crippen LogP contribution is 2.43. The van der Waals surface area contributed by atoms with E-state index in [4.69, 9.17) is 16.3 Å². The number of carbonyl (C=O) groups excluding carboxylic acids is 1. The second kappa shape index (κ2) is 7.74. The van der Waals surface area contributed by atoms with E-state index in [1.54, 1.807) is 0 Å². The SMILES string of the molecule is O=C(COc1ccc(Cl)cc1[N+](=O)[O-])NCC1(c2ccccc2)CCC1. The summed E-state index contributed by atoms with van der Waals surface area (Å²) in [5.74, 6) is -0.285. The van der Waals surface area contributed by atoms with Crippen LogP contribution >= 0.6 is 11.6 Å². The lowest BCUT2D eigenvalue weighted by Gasteiger charge is -2.42. The number of nitro groups is 1. The maximum atomic E-state index is 12.2. The first-order chi connectivity index (χ1) is 12.5. The maximum absolute atomic E-state index is 12.2. The Morgan fingerprint density at radius 2 is 1.96 bits per heavy atom. The van der Waals surface area contributed by atoms with Crippen LogP contribution in [-0.4, -0.2) is 24.0 Å². The van der Waals surface area contributed by atoms with E-state index in [0.717, 1.165) is 19.3 Å². The first-order valence-electron chi connectivity index (χ1n) is 8.39. The van der Waals surface area contributed by atoms with Gasteiger partial charge in [0.1, 0.15) is 0 Å². The number of rotatable bonds is 7. The Hall–Kier alpha value is -2.60. The Morgan fingerprint density at radius 3 is 2.58 bits per heavy atom. The van der Waals surface area contributed by atoms with Crippen LogP contribution in [0.3, 0.4) is 0 Å². The van der Waals surface area contributed by atoms with Crippen molar-refractivity contribution in [1.82, 2.24) is 5.32 Å². The Kier molecular flexibility index (Phi) is 5.42. The van der Waals surface area contributed by atoms with Gasteiger partial charge in [-0.3, -0.25) is 14.9 Å². The topological polar surface area (TPSA) is 81.5 Å². The molecule has 7 heteroatoms. The quantitative estimate of drug-likeness (QED) is 0.589. The van der Waals surface area contributed by atoms with Gasteiger partial charge in [0.25, 0.3) is 5.91 Å². The smallest absolute Gasteiger partial charge is 0.312 e. The van der Waals surface area contributed by atoms with Gasteiger partial charge in [-0.1, -0.05) is 48.4 Å². The Bertz CT molecular complexity index is 806. The van der Waals surface area contributed by atoms with Crippen molar-refractivity contribution in [1.29, 1.82) is 0 Å². The number of nitrogens with zero attached hydrogens (tertiary/aromatic N) is 1. The van der Waals surface area contributed by atoms with Gasteiger partial charge in [-0.05, 0) is 30.5 Å². The standard InChI is InChI=1S/C19H19ClN2O4/c20-15-7-8-17(16(11-15)22(24)25)26-12-18(23)21-13-19(9-4-10-19)14-5-2-1-3-6-14/h1-3,5-8,11H,4,9-10,12-13H2,(H,21,23). The number of nitrogens with one attached hydrogen (secondary N) is 1. The molecule has 3 rings (SSSR count). The van der Waals surface area contributed by atoms with Gasteiger partial charge in [-0.25, -0.2) is 0 Å². The first-order valence-corrected chi connectivity index (χ1v) is 8.77. The third-order valence-corrected chi connectivity index (χ3v) is 5.03. The maximum Gasteiger partial charge on any atom is 0.312 e. The van der Waals surface area contributed by atoms with E-state index in [1.807, 2.05) is 18.2 Å². The van der Waals surface area contributed by atoms with Crippen molar-refractivity contribution in [3.05, 3.63) is 69.2 Å². The highest BCUT2D eigenvalue weighted by atomic mass is 35.5. The zero-order valence-electron chi connectivity index (χ0n) is 14.1. The average Bonchev–Trinajstić information content (AvgIpc) is 2.60. The normalized spacial score (nSPS) is 15.0. The van der Waals surface area contributed by atoms with E-state index in [-0.39, 0.29) is 34.4 Å². The molecule has 1 saturated carbocycles. The highest BCUT2D eigenvalue weighted by Gasteiger charge is 2.38. The van der Waals surface area contributed by atoms with Crippen molar-refractivity contribution in [2.75, 3.05) is 13.2 Å². The van der Waals surface area contributed by atoms with Crippen molar-refractivity contribution >= 4 is 23.2 Å². The number of hydrogen-bond acceptors (Lipinski definition) is 4. The van der Waals surface area contributed by atoms with Crippen LogP contribution in [-0.2, 0) is 10.2 Å². The first kappa shape index (κ1) is 18.2. The van der Waals surface area contributed by atoms with E-state index >= 15 is 0 Å². The number of nitro benzene ring substituents is 1. The molecule has 0 spiro atoms. The molecule has 0 aromatic heterocycles. The van der Waals surface area contributed by atoms with Crippen LogP contribution in [0, 0.1) is 10.1 Å². The van der Waals surface area contributed by atoms with E-state index in [2.05, 4.69) is 17.4 Å². The molecular weight excluding hydrogens is 356 g/mol. The minimum absolute atomic E-state index is 0.0240. The summed E-state index contributed by atoms with van der Waals surface area (Å²) in [7, 11) is 0. The van der Waals surface area contributed by atoms with Crippen LogP contribution < -0.4 is 10.1 Å². The molecule has 26 heavy (non-hydrogen) atoms. The number of halogens is 1. The summed E-state index contributed by atoms with van der Waals surface area (Å²) < 4.78 is 5.33. The molecule has 2 aromatic rings. The summed E-state index contributed by atoms with van der Waals surface area (Å²) in [6.07, 6.45) is 3.19. The molecule has 136 valence electrons. The summed E-state index contributed by atoms with van der Waals surface area (Å²) in [4.78, 5) is 22.6. The van der Waals surface area contributed by atoms with Gasteiger partial charge >= 0.3 is 5.69 Å². The number of ether oxygens (including phenoxy) is 1. The molecule has 1 aliphatic rings. The molecule has 1 amide bonds. The highest BCUT2D eigenvalue weighted by molar-refractivity contribution is 6.30. The molecule has 0 unspecified atom stereocenters. The zero-order chi connectivity index (χ0) is 18.6. The molecule has 0 bridgehead atoms. The molecule has 2 aromatic carbocycles. The van der Waals surface area contributed by atoms with Gasteiger partial charge in [0.2, 0.25) is 0 Å². The van der Waals surface area contributed by atoms with Crippen LogP contribution in [0.25, 0.3) is 0 Å². The molecule has 0 saturated heterocycles. The van der Waals surface area contributed by atoms with Gasteiger partial charge in [-0.15, -0.1) is 0 Å². The number of hydrogen-bond donors (Lipinski definition) is 1. The van der Waals surface area contributed by atoms with Gasteiger partial charge in [0.05, 0.1) is 4.92 Å². The molecule has 0 heterocycles. The predicted octanol–water partition coefficient (Wildman–Crippen LogP) is 3.87. The number of carbonyl (C=O) groups is 1. The lowest BCUT2D eigenvalue weighted by Crippen LogP contribution is -2.46. The van der Waals surface area contributed by atoms with Crippen molar-refractivity contribution in [3.8, 4) is 5.75 Å². The zero-order valence-corrected chi connectivity index (χ0v) is 14.9.